The molecule has 3 rings (SSSR count). The van der Waals surface area contributed by atoms with Crippen molar-refractivity contribution in [3.05, 3.63) is 40.1 Å². The third-order valence-electron chi connectivity index (χ3n) is 3.71. The zero-order valence-electron chi connectivity index (χ0n) is 13.2. The summed E-state index contributed by atoms with van der Waals surface area (Å²) < 4.78 is 10.5. The van der Waals surface area contributed by atoms with Gasteiger partial charge in [0.1, 0.15) is 0 Å². The molecule has 3 N–H and O–H groups in total. The molecule has 7 heteroatoms. The zero-order chi connectivity index (χ0) is 17.1. The summed E-state index contributed by atoms with van der Waals surface area (Å²) in [5.74, 6) is 0.603. The Balaban J connectivity index is 1.76. The van der Waals surface area contributed by atoms with Gasteiger partial charge in [0.05, 0.1) is 12.0 Å². The number of primary amides is 1. The monoisotopic (exact) mass is 346 g/mol. The average Bonchev–Trinajstić information content (AvgIpc) is 3.29. The Morgan fingerprint density at radius 2 is 2.08 bits per heavy atom. The topological polar surface area (TPSA) is 90.7 Å². The molecule has 0 spiro atoms. The van der Waals surface area contributed by atoms with E-state index in [-0.39, 0.29) is 12.5 Å². The molecule has 0 radical (unpaired) electrons. The van der Waals surface area contributed by atoms with Crippen LogP contribution in [0.5, 0.6) is 11.5 Å². The molecule has 1 aliphatic rings. The van der Waals surface area contributed by atoms with Crippen molar-refractivity contribution >= 4 is 28.8 Å². The van der Waals surface area contributed by atoms with Crippen LogP contribution in [0.1, 0.15) is 34.0 Å². The number of hydrogen-bond donors (Lipinski definition) is 2. The number of rotatable bonds is 7. The van der Waals surface area contributed by atoms with Crippen molar-refractivity contribution in [3.8, 4) is 11.5 Å². The molecule has 126 valence electrons. The maximum absolute atomic E-state index is 12.5. The summed E-state index contributed by atoms with van der Waals surface area (Å²) >= 11 is 1.44. The van der Waals surface area contributed by atoms with Gasteiger partial charge in [0, 0.05) is 11.8 Å². The lowest BCUT2D eigenvalue weighted by molar-refractivity contribution is -0.119. The molecular weight excluding hydrogens is 328 g/mol. The lowest BCUT2D eigenvalue weighted by Gasteiger charge is -2.12. The molecule has 2 aromatic rings. The van der Waals surface area contributed by atoms with E-state index < -0.39 is 5.91 Å². The Hall–Kier alpha value is -2.54. The van der Waals surface area contributed by atoms with Crippen molar-refractivity contribution in [3.63, 3.8) is 0 Å². The van der Waals surface area contributed by atoms with Crippen LogP contribution in [0.15, 0.2) is 29.6 Å². The fourth-order valence-electron chi connectivity index (χ4n) is 2.42. The van der Waals surface area contributed by atoms with Crippen LogP contribution in [0.4, 0.5) is 5.69 Å². The minimum atomic E-state index is -0.584. The van der Waals surface area contributed by atoms with E-state index in [0.717, 1.165) is 23.3 Å². The lowest BCUT2D eigenvalue weighted by Crippen LogP contribution is -2.20. The first-order valence-electron chi connectivity index (χ1n) is 7.56. The number of hydrogen-bond acceptors (Lipinski definition) is 5. The SMILES string of the molecule is COc1ccc(NC(=O)c2sccc2C2CC2)cc1OCC(N)=O. The number of nitrogens with two attached hydrogens (primary N) is 1. The van der Waals surface area contributed by atoms with Crippen LogP contribution in [0.2, 0.25) is 0 Å². The minimum absolute atomic E-state index is 0.141. The molecular formula is C17H18N2O4S. The predicted molar refractivity (Wildman–Crippen MR) is 91.9 cm³/mol. The first kappa shape index (κ1) is 16.3. The molecule has 0 atom stereocenters. The molecule has 1 heterocycles. The number of methoxy groups -OCH3 is 1. The highest BCUT2D eigenvalue weighted by molar-refractivity contribution is 7.12. The standard InChI is InChI=1S/C17H18N2O4S/c1-22-13-5-4-11(8-14(13)23-9-15(18)20)19-17(21)16-12(6-7-24-16)10-2-3-10/h4-8,10H,2-3,9H2,1H3,(H2,18,20)(H,19,21). The number of nitrogens with one attached hydrogen (secondary N) is 1. The van der Waals surface area contributed by atoms with Gasteiger partial charge in [-0.3, -0.25) is 9.59 Å². The summed E-state index contributed by atoms with van der Waals surface area (Å²) in [6, 6.07) is 7.02. The van der Waals surface area contributed by atoms with Gasteiger partial charge in [0.15, 0.2) is 18.1 Å². The summed E-state index contributed by atoms with van der Waals surface area (Å²) in [6.07, 6.45) is 2.29. The number of amides is 2. The van der Waals surface area contributed by atoms with Gasteiger partial charge < -0.3 is 20.5 Å². The van der Waals surface area contributed by atoms with E-state index in [9.17, 15) is 9.59 Å². The average molecular weight is 346 g/mol. The minimum Gasteiger partial charge on any atom is -0.493 e. The molecule has 0 saturated heterocycles. The molecule has 1 aromatic heterocycles. The van der Waals surface area contributed by atoms with Crippen LogP contribution in [-0.4, -0.2) is 25.5 Å². The first-order valence-corrected chi connectivity index (χ1v) is 8.44. The Morgan fingerprint density at radius 3 is 2.75 bits per heavy atom. The van der Waals surface area contributed by atoms with E-state index in [0.29, 0.717) is 23.1 Å². The van der Waals surface area contributed by atoms with Crippen molar-refractivity contribution in [2.24, 2.45) is 5.73 Å². The van der Waals surface area contributed by atoms with Crippen LogP contribution in [0.25, 0.3) is 0 Å². The maximum atomic E-state index is 12.5. The van der Waals surface area contributed by atoms with Crippen molar-refractivity contribution in [1.82, 2.24) is 0 Å². The van der Waals surface area contributed by atoms with E-state index in [2.05, 4.69) is 5.32 Å². The van der Waals surface area contributed by atoms with Crippen molar-refractivity contribution in [2.75, 3.05) is 19.0 Å². The molecule has 0 unspecified atom stereocenters. The largest absolute Gasteiger partial charge is 0.493 e. The van der Waals surface area contributed by atoms with E-state index >= 15 is 0 Å². The van der Waals surface area contributed by atoms with E-state index in [4.69, 9.17) is 15.2 Å². The number of anilines is 1. The maximum Gasteiger partial charge on any atom is 0.266 e. The normalized spacial score (nSPS) is 13.4. The number of carbonyl (C=O) groups excluding carboxylic acids is 2. The molecule has 1 saturated carbocycles. The quantitative estimate of drug-likeness (QED) is 0.806. The van der Waals surface area contributed by atoms with E-state index in [1.54, 1.807) is 18.2 Å². The Morgan fingerprint density at radius 1 is 1.29 bits per heavy atom. The second-order valence-corrected chi connectivity index (χ2v) is 6.47. The summed E-state index contributed by atoms with van der Waals surface area (Å²) in [7, 11) is 1.50. The van der Waals surface area contributed by atoms with Crippen molar-refractivity contribution in [1.29, 1.82) is 0 Å². The Labute approximate surface area is 143 Å². The fraction of sp³-hybridized carbons (Fsp3) is 0.294. The van der Waals surface area contributed by atoms with Crippen molar-refractivity contribution in [2.45, 2.75) is 18.8 Å². The van der Waals surface area contributed by atoms with Gasteiger partial charge in [-0.15, -0.1) is 11.3 Å². The van der Waals surface area contributed by atoms with E-state index in [1.807, 2.05) is 11.4 Å². The lowest BCUT2D eigenvalue weighted by atomic mass is 10.1. The van der Waals surface area contributed by atoms with Gasteiger partial charge in [-0.05, 0) is 47.9 Å². The molecule has 2 amide bonds. The number of benzene rings is 1. The third kappa shape index (κ3) is 3.68. The molecule has 24 heavy (non-hydrogen) atoms. The summed E-state index contributed by atoms with van der Waals surface area (Å²) in [5, 5.41) is 4.81. The molecule has 1 fully saturated rings. The van der Waals surface area contributed by atoms with Gasteiger partial charge in [-0.1, -0.05) is 0 Å². The van der Waals surface area contributed by atoms with Crippen LogP contribution in [0.3, 0.4) is 0 Å². The second-order valence-electron chi connectivity index (χ2n) is 5.55. The van der Waals surface area contributed by atoms with Gasteiger partial charge in [-0.25, -0.2) is 0 Å². The van der Waals surface area contributed by atoms with Crippen LogP contribution in [-0.2, 0) is 4.79 Å². The molecule has 1 aliphatic carbocycles. The molecule has 6 nitrogen and oxygen atoms in total. The van der Waals surface area contributed by atoms with Crippen LogP contribution < -0.4 is 20.5 Å². The van der Waals surface area contributed by atoms with Gasteiger partial charge in [0.25, 0.3) is 11.8 Å². The summed E-state index contributed by atoms with van der Waals surface area (Å²) in [6.45, 7) is -0.259. The molecule has 1 aromatic carbocycles. The number of thiophene rings is 1. The zero-order valence-corrected chi connectivity index (χ0v) is 14.0. The number of ether oxygens (including phenoxy) is 2. The Bertz CT molecular complexity index is 768. The molecule has 0 bridgehead atoms. The highest BCUT2D eigenvalue weighted by atomic mass is 32.1. The summed E-state index contributed by atoms with van der Waals surface area (Å²) in [4.78, 5) is 24.1. The fourth-order valence-corrected chi connectivity index (χ4v) is 3.30. The highest BCUT2D eigenvalue weighted by Crippen LogP contribution is 2.43. The molecule has 0 aliphatic heterocycles. The van der Waals surface area contributed by atoms with Gasteiger partial charge in [0.2, 0.25) is 0 Å². The van der Waals surface area contributed by atoms with Gasteiger partial charge in [-0.2, -0.15) is 0 Å². The highest BCUT2D eigenvalue weighted by Gasteiger charge is 2.29. The van der Waals surface area contributed by atoms with Crippen LogP contribution >= 0.6 is 11.3 Å². The summed E-state index contributed by atoms with van der Waals surface area (Å²) in [5.41, 5.74) is 6.78. The smallest absolute Gasteiger partial charge is 0.266 e. The Kier molecular flexibility index (Phi) is 4.71. The van der Waals surface area contributed by atoms with Crippen LogP contribution in [0, 0.1) is 0 Å². The first-order chi connectivity index (χ1) is 11.6. The van der Waals surface area contributed by atoms with Crippen molar-refractivity contribution < 1.29 is 19.1 Å². The van der Waals surface area contributed by atoms with Gasteiger partial charge >= 0.3 is 0 Å². The predicted octanol–water partition coefficient (Wildman–Crippen LogP) is 2.75. The third-order valence-corrected chi connectivity index (χ3v) is 4.64. The number of carbonyl (C=O) groups is 2. The second kappa shape index (κ2) is 6.92. The van der Waals surface area contributed by atoms with E-state index in [1.165, 1.54) is 18.4 Å².